The molecule has 1 aliphatic heterocycles. The molecule has 158 valence electrons. The van der Waals surface area contributed by atoms with Crippen molar-refractivity contribution >= 4 is 28.7 Å². The first-order valence-corrected chi connectivity index (χ1v) is 11.3. The minimum absolute atomic E-state index is 0.0212. The molecule has 1 amide bonds. The van der Waals surface area contributed by atoms with Gasteiger partial charge in [-0.2, -0.15) is 5.10 Å². The average Bonchev–Trinajstić information content (AvgIpc) is 3.27. The molecule has 0 fully saturated rings. The minimum atomic E-state index is -0.182. The Kier molecular flexibility index (Phi) is 5.69. The number of carbonyl (C=O) groups excluding carboxylic acids is 1. The molecule has 0 bridgehead atoms. The van der Waals surface area contributed by atoms with Gasteiger partial charge in [0.25, 0.3) is 5.56 Å². The fourth-order valence-corrected chi connectivity index (χ4v) is 4.92. The highest BCUT2D eigenvalue weighted by molar-refractivity contribution is 7.99. The van der Waals surface area contributed by atoms with Crippen LogP contribution in [0.3, 0.4) is 0 Å². The van der Waals surface area contributed by atoms with Gasteiger partial charge in [-0.15, -0.1) is 0 Å². The second-order valence-electron chi connectivity index (χ2n) is 8.35. The van der Waals surface area contributed by atoms with Gasteiger partial charge in [0, 0.05) is 18.7 Å². The minimum Gasteiger partial charge on any atom is -0.356 e. The van der Waals surface area contributed by atoms with E-state index in [2.05, 4.69) is 30.3 Å². The van der Waals surface area contributed by atoms with Crippen LogP contribution < -0.4 is 10.9 Å². The SMILES string of the molecule is Cc1ccc(-n2ncc3c(=O)n4c(nc32)SCC4CC(=O)NCCC(C)C)c(C)c1. The monoisotopic (exact) mass is 425 g/mol. The number of hydrogen-bond acceptors (Lipinski definition) is 5. The summed E-state index contributed by atoms with van der Waals surface area (Å²) in [5.74, 6) is 1.19. The van der Waals surface area contributed by atoms with Crippen molar-refractivity contribution in [2.75, 3.05) is 12.3 Å². The van der Waals surface area contributed by atoms with Gasteiger partial charge in [0.05, 0.1) is 17.9 Å². The van der Waals surface area contributed by atoms with Crippen LogP contribution in [0, 0.1) is 19.8 Å². The Morgan fingerprint density at radius 3 is 2.87 bits per heavy atom. The summed E-state index contributed by atoms with van der Waals surface area (Å²) in [5.41, 5.74) is 3.60. The molecule has 1 N–H and O–H groups in total. The van der Waals surface area contributed by atoms with E-state index in [1.165, 1.54) is 17.3 Å². The number of carbonyl (C=O) groups is 1. The van der Waals surface area contributed by atoms with Crippen molar-refractivity contribution in [3.05, 3.63) is 45.9 Å². The predicted octanol–water partition coefficient (Wildman–Crippen LogP) is 3.40. The molecule has 1 aromatic carbocycles. The standard InChI is InChI=1S/C22H27N5O2S/c1-13(2)7-8-23-19(28)10-16-12-30-22-25-20-17(21(29)26(16)22)11-24-27(20)18-6-5-14(3)9-15(18)4/h5-6,9,11,13,16H,7-8,10,12H2,1-4H3,(H,23,28). The van der Waals surface area contributed by atoms with E-state index < -0.39 is 0 Å². The second-order valence-corrected chi connectivity index (χ2v) is 9.34. The molecule has 1 atom stereocenters. The van der Waals surface area contributed by atoms with Crippen LogP contribution in [0.4, 0.5) is 0 Å². The summed E-state index contributed by atoms with van der Waals surface area (Å²) in [4.78, 5) is 30.3. The normalized spacial score (nSPS) is 15.7. The summed E-state index contributed by atoms with van der Waals surface area (Å²) in [6.07, 6.45) is 2.82. The van der Waals surface area contributed by atoms with Gasteiger partial charge in [-0.05, 0) is 37.8 Å². The lowest BCUT2D eigenvalue weighted by atomic mass is 10.1. The average molecular weight is 426 g/mol. The number of nitrogens with one attached hydrogen (secondary N) is 1. The predicted molar refractivity (Wildman–Crippen MR) is 119 cm³/mol. The van der Waals surface area contributed by atoms with Gasteiger partial charge in [0.15, 0.2) is 10.8 Å². The Balaban J connectivity index is 1.64. The van der Waals surface area contributed by atoms with E-state index in [-0.39, 0.29) is 23.9 Å². The molecule has 8 heteroatoms. The van der Waals surface area contributed by atoms with Gasteiger partial charge in [-0.3, -0.25) is 14.2 Å². The van der Waals surface area contributed by atoms with Crippen LogP contribution >= 0.6 is 11.8 Å². The summed E-state index contributed by atoms with van der Waals surface area (Å²) < 4.78 is 3.40. The fraction of sp³-hybridized carbons (Fsp3) is 0.455. The quantitative estimate of drug-likeness (QED) is 0.612. The van der Waals surface area contributed by atoms with Crippen LogP contribution in [0.2, 0.25) is 0 Å². The van der Waals surface area contributed by atoms with E-state index in [4.69, 9.17) is 4.98 Å². The summed E-state index contributed by atoms with van der Waals surface area (Å²) >= 11 is 1.52. The zero-order valence-electron chi connectivity index (χ0n) is 17.8. The molecular formula is C22H27N5O2S. The molecule has 3 heterocycles. The van der Waals surface area contributed by atoms with Gasteiger partial charge in [0.1, 0.15) is 5.39 Å². The number of nitrogens with zero attached hydrogens (tertiary/aromatic N) is 4. The van der Waals surface area contributed by atoms with Gasteiger partial charge in [0.2, 0.25) is 5.91 Å². The van der Waals surface area contributed by atoms with E-state index in [1.807, 2.05) is 26.0 Å². The zero-order chi connectivity index (χ0) is 21.4. The molecule has 7 nitrogen and oxygen atoms in total. The van der Waals surface area contributed by atoms with Crippen LogP contribution in [-0.2, 0) is 4.79 Å². The highest BCUT2D eigenvalue weighted by atomic mass is 32.2. The second kappa shape index (κ2) is 8.26. The first-order chi connectivity index (χ1) is 14.3. The van der Waals surface area contributed by atoms with Crippen LogP contribution in [0.15, 0.2) is 34.3 Å². The first-order valence-electron chi connectivity index (χ1n) is 10.3. The van der Waals surface area contributed by atoms with Gasteiger partial charge in [-0.25, -0.2) is 9.67 Å². The number of hydrogen-bond donors (Lipinski definition) is 1. The molecule has 0 saturated carbocycles. The lowest BCUT2D eigenvalue weighted by Crippen LogP contribution is -2.31. The molecular weight excluding hydrogens is 398 g/mol. The topological polar surface area (TPSA) is 81.8 Å². The number of amides is 1. The summed E-state index contributed by atoms with van der Waals surface area (Å²) in [5, 5.41) is 8.55. The van der Waals surface area contributed by atoms with E-state index in [1.54, 1.807) is 15.4 Å². The van der Waals surface area contributed by atoms with Crippen molar-refractivity contribution in [3.63, 3.8) is 0 Å². The lowest BCUT2D eigenvalue weighted by molar-refractivity contribution is -0.121. The van der Waals surface area contributed by atoms with Crippen molar-refractivity contribution < 1.29 is 4.79 Å². The maximum atomic E-state index is 13.2. The molecule has 3 aromatic rings. The highest BCUT2D eigenvalue weighted by Gasteiger charge is 2.29. The third-order valence-corrected chi connectivity index (χ3v) is 6.51. The maximum Gasteiger partial charge on any atom is 0.265 e. The van der Waals surface area contributed by atoms with Crippen molar-refractivity contribution in [1.29, 1.82) is 0 Å². The Hall–Kier alpha value is -2.61. The smallest absolute Gasteiger partial charge is 0.265 e. The molecule has 0 spiro atoms. The molecule has 30 heavy (non-hydrogen) atoms. The Morgan fingerprint density at radius 2 is 2.13 bits per heavy atom. The first kappa shape index (κ1) is 20.7. The van der Waals surface area contributed by atoms with Crippen molar-refractivity contribution in [3.8, 4) is 5.69 Å². The molecule has 2 aromatic heterocycles. The molecule has 1 aliphatic rings. The van der Waals surface area contributed by atoms with Crippen LogP contribution in [0.1, 0.15) is 43.9 Å². The van der Waals surface area contributed by atoms with Crippen molar-refractivity contribution in [1.82, 2.24) is 24.6 Å². The van der Waals surface area contributed by atoms with E-state index in [0.29, 0.717) is 34.4 Å². The van der Waals surface area contributed by atoms with Crippen molar-refractivity contribution in [2.24, 2.45) is 5.92 Å². The maximum absolute atomic E-state index is 13.2. The zero-order valence-corrected chi connectivity index (χ0v) is 18.6. The van der Waals surface area contributed by atoms with Crippen LogP contribution in [0.5, 0.6) is 0 Å². The number of thioether (sulfide) groups is 1. The van der Waals surface area contributed by atoms with Gasteiger partial charge >= 0.3 is 0 Å². The molecule has 0 aliphatic carbocycles. The third kappa shape index (κ3) is 3.88. The third-order valence-electron chi connectivity index (χ3n) is 5.42. The molecule has 0 radical (unpaired) electrons. The van der Waals surface area contributed by atoms with E-state index in [9.17, 15) is 9.59 Å². The number of benzene rings is 1. The number of aromatic nitrogens is 4. The molecule has 4 rings (SSSR count). The molecule has 1 unspecified atom stereocenters. The van der Waals surface area contributed by atoms with Crippen LogP contribution in [-0.4, -0.2) is 37.5 Å². The van der Waals surface area contributed by atoms with Gasteiger partial charge < -0.3 is 5.32 Å². The number of fused-ring (bicyclic) bond motifs is 2. The van der Waals surface area contributed by atoms with Crippen LogP contribution in [0.25, 0.3) is 16.7 Å². The number of rotatable bonds is 6. The van der Waals surface area contributed by atoms with Crippen molar-refractivity contribution in [2.45, 2.75) is 51.7 Å². The summed E-state index contributed by atoms with van der Waals surface area (Å²) in [6, 6.07) is 5.93. The Labute approximate surface area is 179 Å². The number of aryl methyl sites for hydroxylation is 2. The Bertz CT molecular complexity index is 1160. The molecule has 0 saturated heterocycles. The summed E-state index contributed by atoms with van der Waals surface area (Å²) in [6.45, 7) is 9.00. The van der Waals surface area contributed by atoms with E-state index >= 15 is 0 Å². The fourth-order valence-electron chi connectivity index (χ4n) is 3.79. The summed E-state index contributed by atoms with van der Waals surface area (Å²) in [7, 11) is 0. The van der Waals surface area contributed by atoms with E-state index in [0.717, 1.165) is 17.7 Å². The lowest BCUT2D eigenvalue weighted by Gasteiger charge is -2.14. The highest BCUT2D eigenvalue weighted by Crippen LogP contribution is 2.33. The van der Waals surface area contributed by atoms with Gasteiger partial charge in [-0.1, -0.05) is 43.3 Å². The Morgan fingerprint density at radius 1 is 1.33 bits per heavy atom. The largest absolute Gasteiger partial charge is 0.356 e.